The molecule has 0 saturated heterocycles. The summed E-state index contributed by atoms with van der Waals surface area (Å²) in [6.07, 6.45) is 2.73. The number of alkyl halides is 1. The van der Waals surface area contributed by atoms with Gasteiger partial charge in [-0.15, -0.1) is 11.6 Å². The highest BCUT2D eigenvalue weighted by Crippen LogP contribution is 2.20. The maximum Gasteiger partial charge on any atom is 0.111 e. The molecule has 0 spiro atoms. The molecule has 0 fully saturated rings. The first kappa shape index (κ1) is 13.2. The van der Waals surface area contributed by atoms with E-state index in [4.69, 9.17) is 16.6 Å². The fourth-order valence-electron chi connectivity index (χ4n) is 2.44. The lowest BCUT2D eigenvalue weighted by molar-refractivity contribution is 0.694. The van der Waals surface area contributed by atoms with Crippen molar-refractivity contribution in [1.82, 2.24) is 19.3 Å². The Labute approximate surface area is 123 Å². The summed E-state index contributed by atoms with van der Waals surface area (Å²) in [5.41, 5.74) is 4.43. The van der Waals surface area contributed by atoms with Crippen LogP contribution in [-0.4, -0.2) is 25.2 Å². The maximum atomic E-state index is 5.90. The van der Waals surface area contributed by atoms with Gasteiger partial charge in [-0.1, -0.05) is 6.07 Å². The molecule has 0 unspecified atom stereocenters. The van der Waals surface area contributed by atoms with E-state index in [-0.39, 0.29) is 0 Å². The van der Waals surface area contributed by atoms with Crippen molar-refractivity contribution in [3.63, 3.8) is 0 Å². The van der Waals surface area contributed by atoms with Gasteiger partial charge in [0.15, 0.2) is 0 Å². The largest absolute Gasteiger partial charge is 0.322 e. The highest BCUT2D eigenvalue weighted by Gasteiger charge is 2.12. The average Bonchev–Trinajstić information content (AvgIpc) is 2.96. The van der Waals surface area contributed by atoms with E-state index < -0.39 is 0 Å². The number of halogens is 1. The summed E-state index contributed by atoms with van der Waals surface area (Å²) in [5.74, 6) is 1.59. The van der Waals surface area contributed by atoms with E-state index in [2.05, 4.69) is 34.8 Å². The van der Waals surface area contributed by atoms with E-state index >= 15 is 0 Å². The van der Waals surface area contributed by atoms with E-state index in [0.29, 0.717) is 5.88 Å². The van der Waals surface area contributed by atoms with Gasteiger partial charge in [-0.25, -0.2) is 4.98 Å². The lowest BCUT2D eigenvalue weighted by atomic mass is 10.2. The second-order valence-electron chi connectivity index (χ2n) is 5.03. The van der Waals surface area contributed by atoms with E-state index in [9.17, 15) is 0 Å². The fourth-order valence-corrected chi connectivity index (χ4v) is 2.61. The molecular formula is C15H17ClN4. The van der Waals surface area contributed by atoms with Crippen molar-refractivity contribution in [2.45, 2.75) is 19.9 Å². The summed E-state index contributed by atoms with van der Waals surface area (Å²) in [4.78, 5) is 4.69. The van der Waals surface area contributed by atoms with Crippen LogP contribution in [0.1, 0.15) is 17.1 Å². The van der Waals surface area contributed by atoms with Crippen LogP contribution >= 0.6 is 11.6 Å². The Bertz CT molecular complexity index is 741. The highest BCUT2D eigenvalue weighted by molar-refractivity contribution is 6.17. The van der Waals surface area contributed by atoms with Crippen LogP contribution < -0.4 is 0 Å². The van der Waals surface area contributed by atoms with Gasteiger partial charge in [0, 0.05) is 25.5 Å². The molecule has 3 rings (SSSR count). The smallest absolute Gasteiger partial charge is 0.111 e. The summed E-state index contributed by atoms with van der Waals surface area (Å²) in [7, 11) is 1.93. The van der Waals surface area contributed by atoms with E-state index in [1.165, 1.54) is 5.56 Å². The molecule has 0 radical (unpaired) electrons. The van der Waals surface area contributed by atoms with Crippen LogP contribution in [0.5, 0.6) is 0 Å². The number of fused-ring (bicyclic) bond motifs is 1. The summed E-state index contributed by atoms with van der Waals surface area (Å²) >= 11 is 5.90. The van der Waals surface area contributed by atoms with Gasteiger partial charge in [-0.3, -0.25) is 4.68 Å². The van der Waals surface area contributed by atoms with Crippen LogP contribution in [0.25, 0.3) is 11.0 Å². The zero-order valence-corrected chi connectivity index (χ0v) is 12.4. The van der Waals surface area contributed by atoms with Crippen LogP contribution in [0, 0.1) is 6.92 Å². The first-order chi connectivity index (χ1) is 9.67. The quantitative estimate of drug-likeness (QED) is 0.692. The van der Waals surface area contributed by atoms with Gasteiger partial charge in [-0.2, -0.15) is 5.10 Å². The number of nitrogens with zero attached hydrogens (tertiary/aromatic N) is 4. The zero-order chi connectivity index (χ0) is 14.1. The van der Waals surface area contributed by atoms with Gasteiger partial charge >= 0.3 is 0 Å². The van der Waals surface area contributed by atoms with Crippen LogP contribution in [0.15, 0.2) is 30.5 Å². The van der Waals surface area contributed by atoms with Crippen LogP contribution in [0.3, 0.4) is 0 Å². The van der Waals surface area contributed by atoms with Crippen molar-refractivity contribution in [2.75, 3.05) is 5.88 Å². The summed E-state index contributed by atoms with van der Waals surface area (Å²) < 4.78 is 4.04. The number of rotatable bonds is 4. The number of hydrogen-bond donors (Lipinski definition) is 0. The molecule has 1 aromatic carbocycles. The number of benzene rings is 1. The van der Waals surface area contributed by atoms with Crippen LogP contribution in [-0.2, 0) is 20.0 Å². The Balaban J connectivity index is 2.09. The Morgan fingerprint density at radius 3 is 2.80 bits per heavy atom. The lowest BCUT2D eigenvalue weighted by Gasteiger charge is -2.07. The summed E-state index contributed by atoms with van der Waals surface area (Å²) in [6.45, 7) is 2.83. The number of aryl methyl sites for hydroxylation is 3. The fraction of sp³-hybridized carbons (Fsp3) is 0.333. The molecule has 104 valence electrons. The summed E-state index contributed by atoms with van der Waals surface area (Å²) in [6, 6.07) is 8.36. The van der Waals surface area contributed by atoms with Gasteiger partial charge in [0.2, 0.25) is 0 Å². The molecule has 20 heavy (non-hydrogen) atoms. The van der Waals surface area contributed by atoms with Crippen molar-refractivity contribution in [1.29, 1.82) is 0 Å². The third-order valence-corrected chi connectivity index (χ3v) is 3.58. The average molecular weight is 289 g/mol. The van der Waals surface area contributed by atoms with E-state index in [0.717, 1.165) is 35.5 Å². The molecular weight excluding hydrogens is 272 g/mol. The molecule has 0 aliphatic carbocycles. The van der Waals surface area contributed by atoms with Crippen molar-refractivity contribution >= 4 is 22.6 Å². The summed E-state index contributed by atoms with van der Waals surface area (Å²) in [5, 5.41) is 4.45. The predicted octanol–water partition coefficient (Wildman–Crippen LogP) is 2.91. The van der Waals surface area contributed by atoms with Crippen molar-refractivity contribution in [3.8, 4) is 0 Å². The maximum absolute atomic E-state index is 5.90. The third-order valence-electron chi connectivity index (χ3n) is 3.39. The van der Waals surface area contributed by atoms with Crippen molar-refractivity contribution in [3.05, 3.63) is 47.5 Å². The van der Waals surface area contributed by atoms with Crippen molar-refractivity contribution in [2.24, 2.45) is 7.05 Å². The highest BCUT2D eigenvalue weighted by atomic mass is 35.5. The normalized spacial score (nSPS) is 11.3. The molecule has 4 nitrogen and oxygen atoms in total. The third kappa shape index (κ3) is 2.43. The Morgan fingerprint density at radius 1 is 1.25 bits per heavy atom. The lowest BCUT2D eigenvalue weighted by Crippen LogP contribution is -2.07. The molecule has 0 aliphatic rings. The van der Waals surface area contributed by atoms with Gasteiger partial charge in [-0.05, 0) is 30.7 Å². The zero-order valence-electron chi connectivity index (χ0n) is 11.7. The molecule has 2 heterocycles. The van der Waals surface area contributed by atoms with Gasteiger partial charge in [0.1, 0.15) is 5.82 Å². The second kappa shape index (κ2) is 5.29. The Kier molecular flexibility index (Phi) is 3.49. The molecule has 5 heteroatoms. The molecule has 0 N–H and O–H groups in total. The van der Waals surface area contributed by atoms with E-state index in [1.807, 2.05) is 24.0 Å². The molecule has 0 saturated carbocycles. The van der Waals surface area contributed by atoms with Crippen LogP contribution in [0.4, 0.5) is 0 Å². The first-order valence-corrected chi connectivity index (χ1v) is 7.21. The SMILES string of the molecule is Cc1ccc2nc(CCCl)n(Cc3ccn(C)n3)c2c1. The Morgan fingerprint density at radius 2 is 2.10 bits per heavy atom. The molecule has 0 aliphatic heterocycles. The predicted molar refractivity (Wildman–Crippen MR) is 81.2 cm³/mol. The van der Waals surface area contributed by atoms with Gasteiger partial charge in [0.05, 0.1) is 23.3 Å². The van der Waals surface area contributed by atoms with Crippen molar-refractivity contribution < 1.29 is 0 Å². The molecule has 0 atom stereocenters. The minimum atomic E-state index is 0.574. The minimum absolute atomic E-state index is 0.574. The van der Waals surface area contributed by atoms with E-state index in [1.54, 1.807) is 0 Å². The first-order valence-electron chi connectivity index (χ1n) is 6.67. The molecule has 2 aromatic heterocycles. The monoisotopic (exact) mass is 288 g/mol. The second-order valence-corrected chi connectivity index (χ2v) is 5.40. The van der Waals surface area contributed by atoms with Crippen LogP contribution in [0.2, 0.25) is 0 Å². The van der Waals surface area contributed by atoms with Gasteiger partial charge in [0.25, 0.3) is 0 Å². The number of aromatic nitrogens is 4. The Hall–Kier alpha value is -1.81. The standard InChI is InChI=1S/C15H17ClN4/c1-11-3-4-13-14(9-11)20(15(17-13)5-7-16)10-12-6-8-19(2)18-12/h3-4,6,8-9H,5,7,10H2,1-2H3. The van der Waals surface area contributed by atoms with Gasteiger partial charge < -0.3 is 4.57 Å². The molecule has 3 aromatic rings. The minimum Gasteiger partial charge on any atom is -0.322 e. The molecule has 0 amide bonds. The topological polar surface area (TPSA) is 35.6 Å². The number of hydrogen-bond acceptors (Lipinski definition) is 2. The number of imidazole rings is 1. The molecule has 0 bridgehead atoms.